The monoisotopic (exact) mass is 253 g/mol. The molecule has 1 aliphatic rings. The van der Waals surface area contributed by atoms with Crippen LogP contribution in [0.5, 0.6) is 11.5 Å². The number of H-pyrrole nitrogens is 1. The highest BCUT2D eigenvalue weighted by molar-refractivity contribution is 5.70. The summed E-state index contributed by atoms with van der Waals surface area (Å²) >= 11 is 0. The lowest BCUT2D eigenvalue weighted by Crippen LogP contribution is -1.92. The van der Waals surface area contributed by atoms with Gasteiger partial charge in [0.25, 0.3) is 6.43 Å². The number of benzene rings is 1. The van der Waals surface area contributed by atoms with E-state index in [1.165, 1.54) is 18.2 Å². The van der Waals surface area contributed by atoms with Crippen LogP contribution in [0.1, 0.15) is 12.0 Å². The summed E-state index contributed by atoms with van der Waals surface area (Å²) in [7, 11) is 0. The van der Waals surface area contributed by atoms with Crippen LogP contribution in [-0.2, 0) is 0 Å². The van der Waals surface area contributed by atoms with E-state index in [9.17, 15) is 8.78 Å². The number of hydrogen-bond acceptors (Lipinski definition) is 4. The molecule has 0 saturated heterocycles. The van der Waals surface area contributed by atoms with E-state index in [0.717, 1.165) is 0 Å². The van der Waals surface area contributed by atoms with Crippen molar-refractivity contribution in [2.24, 2.45) is 0 Å². The first-order valence-electron chi connectivity index (χ1n) is 5.18. The van der Waals surface area contributed by atoms with Gasteiger partial charge in [0, 0.05) is 17.2 Å². The second-order valence-corrected chi connectivity index (χ2v) is 3.80. The number of aromatic nitrogens is 2. The van der Waals surface area contributed by atoms with E-state index in [4.69, 9.17) is 15.2 Å². The number of alkyl halides is 2. The highest BCUT2D eigenvalue weighted by Gasteiger charge is 2.23. The second-order valence-electron chi connectivity index (χ2n) is 3.80. The number of nitrogen functional groups attached to an aromatic ring is 1. The molecule has 2 heterocycles. The summed E-state index contributed by atoms with van der Waals surface area (Å²) in [5.74, 6) is 0.993. The van der Waals surface area contributed by atoms with Crippen LogP contribution in [-0.4, -0.2) is 17.0 Å². The maximum absolute atomic E-state index is 13.0. The first-order valence-corrected chi connectivity index (χ1v) is 5.18. The van der Waals surface area contributed by atoms with E-state index in [1.54, 1.807) is 0 Å². The molecule has 0 aliphatic carbocycles. The second kappa shape index (κ2) is 3.86. The van der Waals surface area contributed by atoms with Crippen LogP contribution in [0.25, 0.3) is 11.3 Å². The van der Waals surface area contributed by atoms with E-state index in [-0.39, 0.29) is 18.2 Å². The molecule has 7 heteroatoms. The minimum atomic E-state index is -2.63. The molecule has 0 radical (unpaired) electrons. The number of rotatable bonds is 2. The summed E-state index contributed by atoms with van der Waals surface area (Å²) in [6.07, 6.45) is -2.63. The van der Waals surface area contributed by atoms with Crippen LogP contribution < -0.4 is 15.2 Å². The van der Waals surface area contributed by atoms with Crippen molar-refractivity contribution in [3.05, 3.63) is 23.8 Å². The van der Waals surface area contributed by atoms with Crippen molar-refractivity contribution in [3.63, 3.8) is 0 Å². The average Bonchev–Trinajstić information content (AvgIpc) is 2.94. The summed E-state index contributed by atoms with van der Waals surface area (Å²) in [6.45, 7) is 0.0343. The molecular formula is C11H9F2N3O2. The molecule has 0 amide bonds. The van der Waals surface area contributed by atoms with Crippen molar-refractivity contribution in [2.75, 3.05) is 12.5 Å². The van der Waals surface area contributed by atoms with Gasteiger partial charge in [-0.3, -0.25) is 5.10 Å². The number of fused-ring (bicyclic) bond motifs is 1. The Morgan fingerprint density at radius 2 is 1.94 bits per heavy atom. The Bertz CT molecular complexity index is 598. The number of hydrogen-bond donors (Lipinski definition) is 2. The molecule has 18 heavy (non-hydrogen) atoms. The molecule has 0 fully saturated rings. The lowest BCUT2D eigenvalue weighted by molar-refractivity contribution is 0.151. The molecular weight excluding hydrogens is 244 g/mol. The number of nitrogens with one attached hydrogen (secondary N) is 1. The summed E-state index contributed by atoms with van der Waals surface area (Å²) in [4.78, 5) is 0. The Labute approximate surface area is 101 Å². The number of nitrogens with two attached hydrogens (primary N) is 1. The van der Waals surface area contributed by atoms with E-state index >= 15 is 0 Å². The summed E-state index contributed by atoms with van der Waals surface area (Å²) < 4.78 is 36.3. The fraction of sp³-hybridized carbons (Fsp3) is 0.182. The SMILES string of the molecule is Nc1cc(-c2cc3c(cc2C(F)F)OCO3)[nH]n1. The van der Waals surface area contributed by atoms with Crippen molar-refractivity contribution in [1.82, 2.24) is 10.2 Å². The quantitative estimate of drug-likeness (QED) is 0.861. The van der Waals surface area contributed by atoms with E-state index in [1.807, 2.05) is 0 Å². The fourth-order valence-corrected chi connectivity index (χ4v) is 1.85. The Morgan fingerprint density at radius 1 is 1.22 bits per heavy atom. The normalized spacial score (nSPS) is 13.3. The highest BCUT2D eigenvalue weighted by atomic mass is 19.3. The van der Waals surface area contributed by atoms with Gasteiger partial charge in [-0.25, -0.2) is 8.78 Å². The van der Waals surface area contributed by atoms with E-state index in [2.05, 4.69) is 10.2 Å². The zero-order valence-electron chi connectivity index (χ0n) is 9.11. The Balaban J connectivity index is 2.17. The number of anilines is 1. The minimum Gasteiger partial charge on any atom is -0.454 e. The molecule has 0 atom stereocenters. The third kappa shape index (κ3) is 1.64. The predicted octanol–water partition coefficient (Wildman–Crippen LogP) is 2.33. The maximum Gasteiger partial charge on any atom is 0.264 e. The van der Waals surface area contributed by atoms with Crippen LogP contribution in [0.2, 0.25) is 0 Å². The van der Waals surface area contributed by atoms with Crippen LogP contribution in [0.4, 0.5) is 14.6 Å². The fourth-order valence-electron chi connectivity index (χ4n) is 1.85. The first kappa shape index (κ1) is 10.8. The Hall–Kier alpha value is -2.31. The predicted molar refractivity (Wildman–Crippen MR) is 59.5 cm³/mol. The third-order valence-corrected chi connectivity index (χ3v) is 2.67. The molecule has 0 saturated carbocycles. The zero-order valence-corrected chi connectivity index (χ0v) is 9.11. The summed E-state index contributed by atoms with van der Waals surface area (Å²) in [5, 5.41) is 6.33. The van der Waals surface area contributed by atoms with Gasteiger partial charge >= 0.3 is 0 Å². The molecule has 3 N–H and O–H groups in total. The van der Waals surface area contributed by atoms with Gasteiger partial charge in [0.15, 0.2) is 11.5 Å². The Kier molecular flexibility index (Phi) is 2.32. The molecule has 0 spiro atoms. The molecule has 0 bridgehead atoms. The van der Waals surface area contributed by atoms with Gasteiger partial charge in [0.05, 0.1) is 5.69 Å². The zero-order chi connectivity index (χ0) is 12.7. The molecule has 1 aliphatic heterocycles. The minimum absolute atomic E-state index is 0.0343. The number of aromatic amines is 1. The van der Waals surface area contributed by atoms with Crippen LogP contribution >= 0.6 is 0 Å². The number of ether oxygens (including phenoxy) is 2. The average molecular weight is 253 g/mol. The van der Waals surface area contributed by atoms with Crippen LogP contribution in [0, 0.1) is 0 Å². The van der Waals surface area contributed by atoms with Crippen LogP contribution in [0.3, 0.4) is 0 Å². The van der Waals surface area contributed by atoms with Gasteiger partial charge in [-0.1, -0.05) is 0 Å². The maximum atomic E-state index is 13.0. The summed E-state index contributed by atoms with van der Waals surface area (Å²) in [6, 6.07) is 4.26. The molecule has 2 aromatic rings. The topological polar surface area (TPSA) is 73.2 Å². The van der Waals surface area contributed by atoms with Crippen molar-refractivity contribution in [1.29, 1.82) is 0 Å². The van der Waals surface area contributed by atoms with Gasteiger partial charge in [-0.05, 0) is 12.1 Å². The van der Waals surface area contributed by atoms with Crippen molar-refractivity contribution >= 4 is 5.82 Å². The van der Waals surface area contributed by atoms with Crippen molar-refractivity contribution in [2.45, 2.75) is 6.43 Å². The number of nitrogens with zero attached hydrogens (tertiary/aromatic N) is 1. The lowest BCUT2D eigenvalue weighted by atomic mass is 10.0. The largest absolute Gasteiger partial charge is 0.454 e. The van der Waals surface area contributed by atoms with Gasteiger partial charge < -0.3 is 15.2 Å². The van der Waals surface area contributed by atoms with Gasteiger partial charge in [0.2, 0.25) is 6.79 Å². The number of halogens is 2. The molecule has 0 unspecified atom stereocenters. The lowest BCUT2D eigenvalue weighted by Gasteiger charge is -2.08. The third-order valence-electron chi connectivity index (χ3n) is 2.67. The molecule has 3 rings (SSSR count). The standard InChI is InChI=1S/C11H9F2N3O2/c12-11(13)6-2-9-8(17-4-18-9)1-5(6)7-3-10(14)16-15-7/h1-3,11H,4H2,(H3,14,15,16). The molecule has 1 aromatic carbocycles. The van der Waals surface area contributed by atoms with Gasteiger partial charge in [-0.2, -0.15) is 5.10 Å². The van der Waals surface area contributed by atoms with E-state index in [0.29, 0.717) is 22.8 Å². The van der Waals surface area contributed by atoms with E-state index < -0.39 is 6.43 Å². The van der Waals surface area contributed by atoms with Crippen LogP contribution in [0.15, 0.2) is 18.2 Å². The van der Waals surface area contributed by atoms with Gasteiger partial charge in [-0.15, -0.1) is 0 Å². The first-order chi connectivity index (χ1) is 8.65. The Morgan fingerprint density at radius 3 is 2.56 bits per heavy atom. The smallest absolute Gasteiger partial charge is 0.264 e. The van der Waals surface area contributed by atoms with Crippen molar-refractivity contribution in [3.8, 4) is 22.8 Å². The van der Waals surface area contributed by atoms with Crippen molar-refractivity contribution < 1.29 is 18.3 Å². The molecule has 5 nitrogen and oxygen atoms in total. The highest BCUT2D eigenvalue weighted by Crippen LogP contribution is 2.41. The molecule has 94 valence electrons. The summed E-state index contributed by atoms with van der Waals surface area (Å²) in [5.41, 5.74) is 6.04. The molecule has 1 aromatic heterocycles. The van der Waals surface area contributed by atoms with Gasteiger partial charge in [0.1, 0.15) is 5.82 Å².